The van der Waals surface area contributed by atoms with Crippen molar-refractivity contribution in [3.63, 3.8) is 0 Å². The molecule has 0 N–H and O–H groups in total. The van der Waals surface area contributed by atoms with Crippen LogP contribution in [0.5, 0.6) is 0 Å². The maximum absolute atomic E-state index is 4.37. The lowest BCUT2D eigenvalue weighted by Crippen LogP contribution is -1.84. The summed E-state index contributed by atoms with van der Waals surface area (Å²) in [6.45, 7) is 2.02. The molecule has 0 amide bonds. The zero-order chi connectivity index (χ0) is 7.84. The van der Waals surface area contributed by atoms with Crippen LogP contribution in [0.25, 0.3) is 5.65 Å². The molecular weight excluding hydrogens is 251 g/mol. The molecule has 0 aromatic carbocycles. The summed E-state index contributed by atoms with van der Waals surface area (Å²) in [4.78, 5) is 4.37. The van der Waals surface area contributed by atoms with E-state index in [0.29, 0.717) is 0 Å². The first-order valence-corrected chi connectivity index (χ1v) is 4.46. The monoisotopic (exact) mass is 258 g/mol. The third-order valence-corrected chi connectivity index (χ3v) is 2.93. The molecule has 0 atom stereocenters. The lowest BCUT2D eigenvalue weighted by atomic mass is 10.5. The molecule has 0 aliphatic carbocycles. The van der Waals surface area contributed by atoms with Crippen molar-refractivity contribution >= 4 is 28.2 Å². The molecule has 2 aromatic rings. The number of aryl methyl sites for hydroxylation is 1. The van der Waals surface area contributed by atoms with Crippen molar-refractivity contribution in [2.75, 3.05) is 0 Å². The molecule has 0 unspecified atom stereocenters. The van der Waals surface area contributed by atoms with Crippen LogP contribution >= 0.6 is 22.6 Å². The zero-order valence-corrected chi connectivity index (χ0v) is 8.24. The van der Waals surface area contributed by atoms with Crippen molar-refractivity contribution in [3.8, 4) is 0 Å². The quantitative estimate of drug-likeness (QED) is 0.662. The summed E-state index contributed by atoms with van der Waals surface area (Å²) in [7, 11) is 0. The molecule has 0 saturated heterocycles. The van der Waals surface area contributed by atoms with Crippen molar-refractivity contribution in [1.82, 2.24) is 9.38 Å². The van der Waals surface area contributed by atoms with Gasteiger partial charge in [-0.15, -0.1) is 0 Å². The Balaban J connectivity index is 2.92. The lowest BCUT2D eigenvalue weighted by molar-refractivity contribution is 1.14. The fourth-order valence-electron chi connectivity index (χ4n) is 1.08. The summed E-state index contributed by atoms with van der Waals surface area (Å²) in [5.74, 6) is 0. The van der Waals surface area contributed by atoms with E-state index in [9.17, 15) is 0 Å². The molecule has 2 aromatic heterocycles. The number of hydrogen-bond acceptors (Lipinski definition) is 1. The molecule has 0 bridgehead atoms. The van der Waals surface area contributed by atoms with Gasteiger partial charge in [-0.25, -0.2) is 4.98 Å². The summed E-state index contributed by atoms with van der Waals surface area (Å²) in [6, 6.07) is 6.02. The van der Waals surface area contributed by atoms with Crippen molar-refractivity contribution in [2.24, 2.45) is 0 Å². The Morgan fingerprint density at radius 2 is 2.27 bits per heavy atom. The molecule has 56 valence electrons. The molecule has 2 nitrogen and oxygen atoms in total. The van der Waals surface area contributed by atoms with Crippen LogP contribution < -0.4 is 0 Å². The minimum absolute atomic E-state index is 1.02. The minimum Gasteiger partial charge on any atom is -0.295 e. The van der Waals surface area contributed by atoms with Crippen LogP contribution in [0.3, 0.4) is 0 Å². The van der Waals surface area contributed by atoms with Crippen molar-refractivity contribution in [1.29, 1.82) is 0 Å². The summed E-state index contributed by atoms with van der Waals surface area (Å²) < 4.78 is 3.27. The van der Waals surface area contributed by atoms with Crippen LogP contribution in [0.15, 0.2) is 24.4 Å². The van der Waals surface area contributed by atoms with Gasteiger partial charge in [-0.05, 0) is 41.6 Å². The smallest absolute Gasteiger partial charge is 0.137 e. The number of rotatable bonds is 0. The largest absolute Gasteiger partial charge is 0.295 e. The van der Waals surface area contributed by atoms with Gasteiger partial charge in [0, 0.05) is 6.20 Å². The van der Waals surface area contributed by atoms with Gasteiger partial charge in [0.2, 0.25) is 0 Å². The number of fused-ring (bicyclic) bond motifs is 1. The number of aromatic nitrogens is 2. The van der Waals surface area contributed by atoms with E-state index in [1.807, 2.05) is 31.3 Å². The highest BCUT2D eigenvalue weighted by atomic mass is 127. The van der Waals surface area contributed by atoms with E-state index in [0.717, 1.165) is 11.3 Å². The Hall–Kier alpha value is -0.580. The predicted molar refractivity (Wildman–Crippen MR) is 52.6 cm³/mol. The number of halogens is 1. The van der Waals surface area contributed by atoms with Gasteiger partial charge in [-0.1, -0.05) is 6.07 Å². The van der Waals surface area contributed by atoms with Gasteiger partial charge in [0.25, 0.3) is 0 Å². The summed E-state index contributed by atoms with van der Waals surface area (Å²) in [5, 5.41) is 0. The Morgan fingerprint density at radius 1 is 1.45 bits per heavy atom. The van der Waals surface area contributed by atoms with Crippen LogP contribution in [-0.2, 0) is 0 Å². The van der Waals surface area contributed by atoms with E-state index >= 15 is 0 Å². The second-order valence-corrected chi connectivity index (χ2v) is 3.44. The van der Waals surface area contributed by atoms with Gasteiger partial charge in [0.1, 0.15) is 9.35 Å². The average molecular weight is 258 g/mol. The first kappa shape index (κ1) is 7.09. The highest BCUT2D eigenvalue weighted by Gasteiger charge is 2.02. The van der Waals surface area contributed by atoms with Crippen LogP contribution in [-0.4, -0.2) is 9.38 Å². The zero-order valence-electron chi connectivity index (χ0n) is 6.08. The second kappa shape index (κ2) is 2.48. The number of hydrogen-bond donors (Lipinski definition) is 0. The standard InChI is InChI=1S/C8H7IN2/c1-6-8(9)11-5-3-2-4-7(11)10-6/h2-5H,1H3. The molecule has 2 rings (SSSR count). The van der Waals surface area contributed by atoms with Gasteiger partial charge >= 0.3 is 0 Å². The molecule has 0 saturated carbocycles. The van der Waals surface area contributed by atoms with Gasteiger partial charge in [-0.2, -0.15) is 0 Å². The van der Waals surface area contributed by atoms with Crippen molar-refractivity contribution in [2.45, 2.75) is 6.92 Å². The molecule has 3 heteroatoms. The van der Waals surface area contributed by atoms with E-state index in [1.165, 1.54) is 3.70 Å². The Bertz CT molecular complexity index is 392. The molecule has 0 radical (unpaired) electrons. The molecule has 0 aliphatic heterocycles. The summed E-state index contributed by atoms with van der Waals surface area (Å²) >= 11 is 2.30. The normalized spacial score (nSPS) is 10.7. The lowest BCUT2D eigenvalue weighted by Gasteiger charge is -1.91. The highest BCUT2D eigenvalue weighted by Crippen LogP contribution is 2.12. The van der Waals surface area contributed by atoms with Crippen LogP contribution in [0.4, 0.5) is 0 Å². The molecular formula is C8H7IN2. The van der Waals surface area contributed by atoms with E-state index in [2.05, 4.69) is 32.0 Å². The summed E-state index contributed by atoms with van der Waals surface area (Å²) in [5.41, 5.74) is 2.12. The Kier molecular flexibility index (Phi) is 1.60. The number of imidazole rings is 1. The predicted octanol–water partition coefficient (Wildman–Crippen LogP) is 2.25. The van der Waals surface area contributed by atoms with E-state index in [-0.39, 0.29) is 0 Å². The summed E-state index contributed by atoms with van der Waals surface area (Å²) in [6.07, 6.45) is 2.02. The first-order valence-electron chi connectivity index (χ1n) is 3.38. The fourth-order valence-corrected chi connectivity index (χ4v) is 1.61. The van der Waals surface area contributed by atoms with E-state index in [4.69, 9.17) is 0 Å². The van der Waals surface area contributed by atoms with Gasteiger partial charge in [0.05, 0.1) is 5.69 Å². The maximum atomic E-state index is 4.37. The van der Waals surface area contributed by atoms with Gasteiger partial charge in [-0.3, -0.25) is 4.40 Å². The minimum atomic E-state index is 1.02. The number of pyridine rings is 1. The topological polar surface area (TPSA) is 17.3 Å². The Morgan fingerprint density at radius 3 is 3.00 bits per heavy atom. The van der Waals surface area contributed by atoms with Crippen LogP contribution in [0.2, 0.25) is 0 Å². The van der Waals surface area contributed by atoms with Gasteiger partial charge < -0.3 is 0 Å². The molecule has 0 aliphatic rings. The second-order valence-electron chi connectivity index (χ2n) is 2.42. The molecule has 0 spiro atoms. The number of nitrogens with zero attached hydrogens (tertiary/aromatic N) is 2. The third kappa shape index (κ3) is 1.03. The SMILES string of the molecule is Cc1nc2ccccn2c1I. The van der Waals surface area contributed by atoms with Gasteiger partial charge in [0.15, 0.2) is 0 Å². The van der Waals surface area contributed by atoms with Crippen LogP contribution in [0.1, 0.15) is 5.69 Å². The first-order chi connectivity index (χ1) is 5.29. The van der Waals surface area contributed by atoms with E-state index < -0.39 is 0 Å². The van der Waals surface area contributed by atoms with Crippen LogP contribution in [0, 0.1) is 10.6 Å². The Labute approximate surface area is 78.4 Å². The molecule has 2 heterocycles. The third-order valence-electron chi connectivity index (χ3n) is 1.63. The highest BCUT2D eigenvalue weighted by molar-refractivity contribution is 14.1. The maximum Gasteiger partial charge on any atom is 0.137 e. The van der Waals surface area contributed by atoms with Crippen molar-refractivity contribution < 1.29 is 0 Å². The fraction of sp³-hybridized carbons (Fsp3) is 0.125. The molecule has 0 fully saturated rings. The average Bonchev–Trinajstić information content (AvgIpc) is 2.30. The van der Waals surface area contributed by atoms with Crippen molar-refractivity contribution in [3.05, 3.63) is 33.8 Å². The molecule has 11 heavy (non-hydrogen) atoms. The van der Waals surface area contributed by atoms with E-state index in [1.54, 1.807) is 0 Å².